The van der Waals surface area contributed by atoms with E-state index in [4.69, 9.17) is 0 Å². The Bertz CT molecular complexity index is 272. The zero-order chi connectivity index (χ0) is 8.59. The molecule has 0 N–H and O–H groups in total. The summed E-state index contributed by atoms with van der Waals surface area (Å²) in [6, 6.07) is 1.02. The van der Waals surface area contributed by atoms with Crippen LogP contribution in [0.5, 0.6) is 0 Å². The highest BCUT2D eigenvalue weighted by atomic mass is 27.0. The maximum atomic E-state index is 12.0. The van der Waals surface area contributed by atoms with Crippen LogP contribution in [-0.4, -0.2) is 17.4 Å². The molecule has 0 aliphatic carbocycles. The average Bonchev–Trinajstić information content (AvgIpc) is 1.97. The summed E-state index contributed by atoms with van der Waals surface area (Å²) in [4.78, 5) is 0. The summed E-state index contributed by atoms with van der Waals surface area (Å²) in [5.41, 5.74) is 0. The molecule has 0 aromatic heterocycles. The van der Waals surface area contributed by atoms with E-state index in [9.17, 15) is 22.0 Å². The number of halogens is 5. The van der Waals surface area contributed by atoms with Gasteiger partial charge in [-0.3, -0.25) is 0 Å². The molecular formula is C6H3AlF5. The standard InChI is InChI=1S/C6F5.Al.3H/c7-2-1-3(8)5(10)6(11)4(2)9;;;;. The van der Waals surface area contributed by atoms with Gasteiger partial charge in [-0.15, -0.1) is 0 Å². The van der Waals surface area contributed by atoms with Crippen molar-refractivity contribution < 1.29 is 22.0 Å². The molecular weight excluding hydrogens is 194 g/mol. The van der Waals surface area contributed by atoms with E-state index in [1.807, 2.05) is 0 Å². The van der Waals surface area contributed by atoms with Crippen molar-refractivity contribution in [2.45, 2.75) is 0 Å². The highest BCUT2D eigenvalue weighted by Crippen LogP contribution is 2.16. The fraction of sp³-hybridized carbons (Fsp3) is 0. The molecule has 65 valence electrons. The van der Waals surface area contributed by atoms with Crippen molar-refractivity contribution in [3.8, 4) is 0 Å². The topological polar surface area (TPSA) is 0 Å². The van der Waals surface area contributed by atoms with Crippen molar-refractivity contribution in [2.75, 3.05) is 0 Å². The molecule has 0 aliphatic rings. The predicted molar refractivity (Wildman–Crippen MR) is 35.0 cm³/mol. The second-order valence-corrected chi connectivity index (χ2v) is 1.69. The van der Waals surface area contributed by atoms with Gasteiger partial charge in [-0.2, -0.15) is 0 Å². The van der Waals surface area contributed by atoms with Crippen molar-refractivity contribution in [3.63, 3.8) is 0 Å². The quantitative estimate of drug-likeness (QED) is 0.252. The van der Waals surface area contributed by atoms with E-state index in [-0.39, 0.29) is 17.4 Å². The molecule has 0 heterocycles. The summed E-state index contributed by atoms with van der Waals surface area (Å²) in [6.45, 7) is 0. The van der Waals surface area contributed by atoms with E-state index in [1.165, 1.54) is 0 Å². The lowest BCUT2D eigenvalue weighted by Crippen LogP contribution is -1.98. The second kappa shape index (κ2) is 3.88. The van der Waals surface area contributed by atoms with Crippen molar-refractivity contribution in [1.82, 2.24) is 0 Å². The summed E-state index contributed by atoms with van der Waals surface area (Å²) in [5, 5.41) is 0. The van der Waals surface area contributed by atoms with Crippen LogP contribution in [0.1, 0.15) is 0 Å². The molecule has 0 atom stereocenters. The zero-order valence-corrected chi connectivity index (χ0v) is 4.89. The molecule has 0 saturated carbocycles. The summed E-state index contributed by atoms with van der Waals surface area (Å²) in [5.74, 6) is -10.0. The van der Waals surface area contributed by atoms with Crippen LogP contribution >= 0.6 is 0 Å². The first-order chi connectivity index (χ1) is 5.04. The molecule has 0 nitrogen and oxygen atoms in total. The zero-order valence-electron chi connectivity index (χ0n) is 4.89. The van der Waals surface area contributed by atoms with Gasteiger partial charge in [0.25, 0.3) is 0 Å². The van der Waals surface area contributed by atoms with E-state index in [2.05, 4.69) is 0 Å². The molecule has 0 aliphatic heterocycles. The number of benzene rings is 1. The van der Waals surface area contributed by atoms with Crippen LogP contribution in [0, 0.1) is 35.2 Å². The summed E-state index contributed by atoms with van der Waals surface area (Å²) < 4.78 is 59.9. The van der Waals surface area contributed by atoms with E-state index in [1.54, 1.807) is 0 Å². The average molecular weight is 197 g/mol. The molecule has 0 unspecified atom stereocenters. The van der Waals surface area contributed by atoms with Crippen molar-refractivity contribution in [1.29, 1.82) is 0 Å². The van der Waals surface area contributed by atoms with Crippen LogP contribution in [0.25, 0.3) is 0 Å². The molecule has 1 aromatic rings. The van der Waals surface area contributed by atoms with Crippen LogP contribution in [0.2, 0.25) is 0 Å². The van der Waals surface area contributed by atoms with Crippen LogP contribution in [0.15, 0.2) is 0 Å². The van der Waals surface area contributed by atoms with Gasteiger partial charge in [0.1, 0.15) is 0 Å². The lowest BCUT2D eigenvalue weighted by Gasteiger charge is -1.95. The molecule has 6 heteroatoms. The predicted octanol–water partition coefficient (Wildman–Crippen LogP) is 0.998. The Morgan fingerprint density at radius 3 is 1.33 bits per heavy atom. The normalized spacial score (nSPS) is 9.42. The van der Waals surface area contributed by atoms with Gasteiger partial charge in [0.05, 0.1) is 6.07 Å². The Morgan fingerprint density at radius 1 is 0.667 bits per heavy atom. The van der Waals surface area contributed by atoms with E-state index < -0.39 is 29.1 Å². The van der Waals surface area contributed by atoms with E-state index >= 15 is 0 Å². The van der Waals surface area contributed by atoms with Crippen LogP contribution in [0.3, 0.4) is 0 Å². The van der Waals surface area contributed by atoms with Gasteiger partial charge < -0.3 is 0 Å². The van der Waals surface area contributed by atoms with Gasteiger partial charge in [-0.25, -0.2) is 22.0 Å². The fourth-order valence-electron chi connectivity index (χ4n) is 0.495. The number of rotatable bonds is 0. The third kappa shape index (κ3) is 1.76. The van der Waals surface area contributed by atoms with Gasteiger partial charge in [0, 0.05) is 0 Å². The molecule has 0 amide bonds. The molecule has 0 saturated heterocycles. The highest BCUT2D eigenvalue weighted by molar-refractivity contribution is 5.75. The maximum Gasteiger partial charge on any atom is 0.200 e. The maximum absolute atomic E-state index is 12.0. The minimum Gasteiger partial charge on any atom is -0.203 e. The fourth-order valence-corrected chi connectivity index (χ4v) is 0.495. The van der Waals surface area contributed by atoms with Gasteiger partial charge in [-0.1, -0.05) is 0 Å². The van der Waals surface area contributed by atoms with Crippen molar-refractivity contribution in [3.05, 3.63) is 35.2 Å². The molecule has 12 heavy (non-hydrogen) atoms. The number of hydrogen-bond acceptors (Lipinski definition) is 0. The first-order valence-electron chi connectivity index (χ1n) is 2.44. The molecule has 0 bridgehead atoms. The third-order valence-electron chi connectivity index (χ3n) is 0.990. The Labute approximate surface area is 75.1 Å². The smallest absolute Gasteiger partial charge is 0.200 e. The Morgan fingerprint density at radius 2 is 1.00 bits per heavy atom. The lowest BCUT2D eigenvalue weighted by molar-refractivity contribution is 0.377. The molecule has 1 aromatic carbocycles. The molecule has 0 spiro atoms. The van der Waals surface area contributed by atoms with Crippen LogP contribution < -0.4 is 0 Å². The minimum absolute atomic E-state index is 0. The highest BCUT2D eigenvalue weighted by Gasteiger charge is 2.18. The minimum atomic E-state index is -2.17. The van der Waals surface area contributed by atoms with E-state index in [0.717, 1.165) is 6.07 Å². The van der Waals surface area contributed by atoms with Crippen molar-refractivity contribution in [2.24, 2.45) is 0 Å². The van der Waals surface area contributed by atoms with Crippen LogP contribution in [-0.2, 0) is 0 Å². The number of hydrogen-bond donors (Lipinski definition) is 0. The third-order valence-corrected chi connectivity index (χ3v) is 0.990. The first kappa shape index (κ1) is 11.4. The lowest BCUT2D eigenvalue weighted by atomic mass is 10.3. The Kier molecular flexibility index (Phi) is 3.68. The SMILES string of the molecule is Fc1[c]c(F)c(F)c(F)c1F.[AlH3]. The van der Waals surface area contributed by atoms with Gasteiger partial charge >= 0.3 is 0 Å². The Balaban J connectivity index is 0.00000121. The van der Waals surface area contributed by atoms with Crippen LogP contribution in [0.4, 0.5) is 22.0 Å². The summed E-state index contributed by atoms with van der Waals surface area (Å²) in [7, 11) is 0. The van der Waals surface area contributed by atoms with Crippen molar-refractivity contribution >= 4 is 17.4 Å². The van der Waals surface area contributed by atoms with E-state index in [0.29, 0.717) is 0 Å². The monoisotopic (exact) mass is 197 g/mol. The first-order valence-corrected chi connectivity index (χ1v) is 2.44. The molecule has 1 rings (SSSR count). The van der Waals surface area contributed by atoms with Gasteiger partial charge in [0.2, 0.25) is 5.82 Å². The second-order valence-electron chi connectivity index (χ2n) is 1.69. The molecule has 1 radical (unpaired) electrons. The summed E-state index contributed by atoms with van der Waals surface area (Å²) in [6.07, 6.45) is 0. The Hall–Kier alpha value is -0.598. The summed E-state index contributed by atoms with van der Waals surface area (Å²) >= 11 is 0. The van der Waals surface area contributed by atoms with Gasteiger partial charge in [-0.05, 0) is 0 Å². The molecule has 0 fully saturated rings. The largest absolute Gasteiger partial charge is 0.203 e. The van der Waals surface area contributed by atoms with Gasteiger partial charge in [0.15, 0.2) is 40.6 Å².